The number of unbranched alkanes of at least 4 members (excludes halogenated alkanes) is 18. The minimum Gasteiger partial charge on any atom is -0.481 e. The first kappa shape index (κ1) is 42.0. The minimum atomic E-state index is -0.659. The molecule has 0 fully saturated rings. The molecule has 0 aliphatic heterocycles. The molecule has 0 atom stereocenters. The van der Waals surface area contributed by atoms with Gasteiger partial charge in [-0.25, -0.2) is 0 Å². The van der Waals surface area contributed by atoms with Crippen molar-refractivity contribution in [1.82, 2.24) is 0 Å². The van der Waals surface area contributed by atoms with Crippen LogP contribution in [0.3, 0.4) is 0 Å². The van der Waals surface area contributed by atoms with Crippen molar-refractivity contribution < 1.29 is 30.0 Å². The zero-order chi connectivity index (χ0) is 28.1. The molecule has 0 aromatic heterocycles. The highest BCUT2D eigenvalue weighted by Crippen LogP contribution is 2.12. The van der Waals surface area contributed by atoms with Gasteiger partial charge in [0.1, 0.15) is 0 Å². The van der Waals surface area contributed by atoms with E-state index in [1.165, 1.54) is 103 Å². The minimum absolute atomic E-state index is 0.250. The van der Waals surface area contributed by atoms with Crippen LogP contribution in [0.1, 0.15) is 169 Å². The van der Waals surface area contributed by atoms with E-state index >= 15 is 0 Å². The Morgan fingerprint density at radius 3 is 0.722 bits per heavy atom. The highest BCUT2D eigenvalue weighted by molar-refractivity contribution is 5.66. The van der Waals surface area contributed by atoms with Gasteiger partial charge < -0.3 is 20.4 Å². The van der Waals surface area contributed by atoms with E-state index in [0.717, 1.165) is 25.7 Å². The third kappa shape index (κ3) is 63.8. The largest absolute Gasteiger partial charge is 0.481 e. The van der Waals surface area contributed by atoms with Gasteiger partial charge in [-0.3, -0.25) is 9.59 Å². The quantitative estimate of drug-likeness (QED) is 0.106. The fraction of sp³-hybridized carbons (Fsp3) is 0.933. The zero-order valence-electron chi connectivity index (χ0n) is 24.6. The number of hydrogen-bond donors (Lipinski definition) is 4. The van der Waals surface area contributed by atoms with Crippen molar-refractivity contribution in [2.75, 3.05) is 13.2 Å². The number of carboxylic acid groups (broad SMARTS) is 2. The number of aliphatic hydroxyl groups excluding tert-OH is 2. The summed E-state index contributed by atoms with van der Waals surface area (Å²) in [5, 5.41) is 32.0. The molecule has 0 aliphatic rings. The monoisotopic (exact) mass is 520 g/mol. The maximum absolute atomic E-state index is 10.3. The van der Waals surface area contributed by atoms with Crippen molar-refractivity contribution in [3.63, 3.8) is 0 Å². The Labute approximate surface area is 224 Å². The van der Waals surface area contributed by atoms with Gasteiger partial charge in [0.05, 0.1) is 0 Å². The molecular formula is C30H64O6. The van der Waals surface area contributed by atoms with Crippen molar-refractivity contribution in [3.8, 4) is 0 Å². The Hall–Kier alpha value is -1.14. The SMILES string of the molecule is CCCCCCCCCCCC(=O)O.CCCCCCCCCCCCCC(=O)O.CCO.CCO. The summed E-state index contributed by atoms with van der Waals surface area (Å²) in [5.74, 6) is -1.32. The van der Waals surface area contributed by atoms with Gasteiger partial charge in [0, 0.05) is 26.1 Å². The van der Waals surface area contributed by atoms with Crippen LogP contribution in [-0.4, -0.2) is 45.6 Å². The molecule has 6 nitrogen and oxygen atoms in total. The average molecular weight is 521 g/mol. The zero-order valence-corrected chi connectivity index (χ0v) is 24.6. The van der Waals surface area contributed by atoms with Gasteiger partial charge in [-0.15, -0.1) is 0 Å². The molecule has 0 bridgehead atoms. The highest BCUT2D eigenvalue weighted by atomic mass is 16.4. The number of aliphatic hydroxyl groups is 2. The summed E-state index contributed by atoms with van der Waals surface area (Å²) in [4.78, 5) is 20.5. The third-order valence-corrected chi connectivity index (χ3v) is 5.49. The van der Waals surface area contributed by atoms with E-state index in [1.807, 2.05) is 0 Å². The van der Waals surface area contributed by atoms with Crippen LogP contribution in [0.15, 0.2) is 0 Å². The Kier molecular flexibility index (Phi) is 51.2. The summed E-state index contributed by atoms with van der Waals surface area (Å²) in [7, 11) is 0. The molecule has 0 unspecified atom stereocenters. The molecule has 0 radical (unpaired) electrons. The van der Waals surface area contributed by atoms with Crippen LogP contribution < -0.4 is 0 Å². The topological polar surface area (TPSA) is 115 Å². The lowest BCUT2D eigenvalue weighted by Crippen LogP contribution is -1.93. The second-order valence-electron chi connectivity index (χ2n) is 9.28. The lowest BCUT2D eigenvalue weighted by atomic mass is 10.1. The molecule has 0 saturated carbocycles. The van der Waals surface area contributed by atoms with Gasteiger partial charge in [0.15, 0.2) is 0 Å². The molecule has 36 heavy (non-hydrogen) atoms. The molecule has 0 heterocycles. The van der Waals surface area contributed by atoms with E-state index in [0.29, 0.717) is 12.8 Å². The van der Waals surface area contributed by atoms with Crippen molar-refractivity contribution >= 4 is 11.9 Å². The van der Waals surface area contributed by atoms with Crippen LogP contribution >= 0.6 is 0 Å². The Bertz CT molecular complexity index is 386. The number of rotatable bonds is 22. The summed E-state index contributed by atoms with van der Waals surface area (Å²) in [6.45, 7) is 8.34. The predicted octanol–water partition coefficient (Wildman–Crippen LogP) is 8.76. The van der Waals surface area contributed by atoms with Crippen molar-refractivity contribution in [1.29, 1.82) is 0 Å². The number of carbonyl (C=O) groups is 2. The van der Waals surface area contributed by atoms with E-state index in [2.05, 4.69) is 13.8 Å². The number of carboxylic acids is 2. The van der Waals surface area contributed by atoms with Gasteiger partial charge in [-0.1, -0.05) is 129 Å². The predicted molar refractivity (Wildman–Crippen MR) is 154 cm³/mol. The average Bonchev–Trinajstić information content (AvgIpc) is 2.82. The molecule has 0 rings (SSSR count). The smallest absolute Gasteiger partial charge is 0.303 e. The van der Waals surface area contributed by atoms with Gasteiger partial charge in [0.25, 0.3) is 0 Å². The second-order valence-corrected chi connectivity index (χ2v) is 9.28. The first-order valence-electron chi connectivity index (χ1n) is 15.0. The van der Waals surface area contributed by atoms with E-state index in [-0.39, 0.29) is 13.2 Å². The van der Waals surface area contributed by atoms with Crippen LogP contribution in [0.25, 0.3) is 0 Å². The van der Waals surface area contributed by atoms with E-state index in [4.69, 9.17) is 20.4 Å². The van der Waals surface area contributed by atoms with Crippen LogP contribution in [0.2, 0.25) is 0 Å². The molecule has 0 amide bonds. The van der Waals surface area contributed by atoms with Gasteiger partial charge in [-0.2, -0.15) is 0 Å². The molecule has 0 spiro atoms. The summed E-state index contributed by atoms with van der Waals surface area (Å²) >= 11 is 0. The van der Waals surface area contributed by atoms with E-state index in [1.54, 1.807) is 13.8 Å². The van der Waals surface area contributed by atoms with Crippen molar-refractivity contribution in [2.24, 2.45) is 0 Å². The fourth-order valence-corrected chi connectivity index (χ4v) is 3.53. The number of aliphatic carboxylic acids is 2. The van der Waals surface area contributed by atoms with Crippen LogP contribution in [0.5, 0.6) is 0 Å². The van der Waals surface area contributed by atoms with Gasteiger partial charge >= 0.3 is 11.9 Å². The van der Waals surface area contributed by atoms with Gasteiger partial charge in [-0.05, 0) is 26.7 Å². The Balaban J connectivity index is -0.000000234. The molecule has 0 aromatic rings. The second kappa shape index (κ2) is 43.9. The summed E-state index contributed by atoms with van der Waals surface area (Å²) < 4.78 is 0. The van der Waals surface area contributed by atoms with E-state index in [9.17, 15) is 9.59 Å². The molecule has 220 valence electrons. The maximum atomic E-state index is 10.3. The lowest BCUT2D eigenvalue weighted by molar-refractivity contribution is -0.138. The first-order valence-corrected chi connectivity index (χ1v) is 15.0. The van der Waals surface area contributed by atoms with Crippen molar-refractivity contribution in [2.45, 2.75) is 169 Å². The van der Waals surface area contributed by atoms with Crippen LogP contribution in [-0.2, 0) is 9.59 Å². The maximum Gasteiger partial charge on any atom is 0.303 e. The standard InChI is InChI=1S/C14H28O2.C12H24O2.2C2H6O/c1-2-3-4-5-6-7-8-9-10-11-12-13-14(15)16;1-2-3-4-5-6-7-8-9-10-11-12(13)14;2*1-2-3/h2-13H2,1H3,(H,15,16);2-11H2,1H3,(H,13,14);2*3H,2H2,1H3. The normalized spacial score (nSPS) is 9.72. The molecule has 0 aromatic carbocycles. The summed E-state index contributed by atoms with van der Waals surface area (Å²) in [6, 6.07) is 0. The van der Waals surface area contributed by atoms with Crippen LogP contribution in [0.4, 0.5) is 0 Å². The van der Waals surface area contributed by atoms with Gasteiger partial charge in [0.2, 0.25) is 0 Å². The lowest BCUT2D eigenvalue weighted by Gasteiger charge is -2.01. The van der Waals surface area contributed by atoms with E-state index < -0.39 is 11.9 Å². The number of hydrogen-bond acceptors (Lipinski definition) is 4. The molecular weight excluding hydrogens is 456 g/mol. The molecule has 4 N–H and O–H groups in total. The summed E-state index contributed by atoms with van der Waals surface area (Å²) in [5.41, 5.74) is 0. The fourth-order valence-electron chi connectivity index (χ4n) is 3.53. The first-order chi connectivity index (χ1) is 17.4. The highest BCUT2D eigenvalue weighted by Gasteiger charge is 1.97. The Morgan fingerprint density at radius 1 is 0.389 bits per heavy atom. The molecule has 0 aliphatic carbocycles. The van der Waals surface area contributed by atoms with Crippen LogP contribution in [0, 0.1) is 0 Å². The molecule has 0 saturated heterocycles. The molecule has 6 heteroatoms. The van der Waals surface area contributed by atoms with Crippen molar-refractivity contribution in [3.05, 3.63) is 0 Å². The Morgan fingerprint density at radius 2 is 0.556 bits per heavy atom. The third-order valence-electron chi connectivity index (χ3n) is 5.49. The summed E-state index contributed by atoms with van der Waals surface area (Å²) in [6.07, 6.45) is 25.8.